The molecule has 2 aromatic rings. The Labute approximate surface area is 156 Å². The fourth-order valence-electron chi connectivity index (χ4n) is 3.55. The van der Waals surface area contributed by atoms with Gasteiger partial charge in [0.25, 0.3) is 11.8 Å². The van der Waals surface area contributed by atoms with Gasteiger partial charge in [0, 0.05) is 5.56 Å². The van der Waals surface area contributed by atoms with E-state index in [9.17, 15) is 9.59 Å². The predicted molar refractivity (Wildman–Crippen MR) is 98.6 cm³/mol. The van der Waals surface area contributed by atoms with Gasteiger partial charge in [0.1, 0.15) is 5.75 Å². The van der Waals surface area contributed by atoms with Crippen LogP contribution in [0, 0.1) is 0 Å². The Bertz CT molecular complexity index is 925. The number of fused-ring (bicyclic) bond motifs is 2. The number of benzene rings is 2. The summed E-state index contributed by atoms with van der Waals surface area (Å²) in [5, 5.41) is 5.79. The van der Waals surface area contributed by atoms with Crippen molar-refractivity contribution in [1.82, 2.24) is 5.32 Å². The maximum absolute atomic E-state index is 12.7. The minimum absolute atomic E-state index is 0.0112. The number of hydrogen-bond acceptors (Lipinski definition) is 5. The second-order valence-corrected chi connectivity index (χ2v) is 6.52. The first-order valence-corrected chi connectivity index (χ1v) is 8.71. The third kappa shape index (κ3) is 3.16. The van der Waals surface area contributed by atoms with Crippen molar-refractivity contribution in [2.75, 3.05) is 26.1 Å². The number of amides is 2. The number of aryl methyl sites for hydroxylation is 1. The summed E-state index contributed by atoms with van der Waals surface area (Å²) in [6.07, 6.45) is 1.66. The van der Waals surface area contributed by atoms with Gasteiger partial charge in [-0.15, -0.1) is 0 Å². The van der Waals surface area contributed by atoms with E-state index in [4.69, 9.17) is 14.2 Å². The van der Waals surface area contributed by atoms with E-state index in [-0.39, 0.29) is 24.5 Å². The molecule has 1 heterocycles. The van der Waals surface area contributed by atoms with Gasteiger partial charge in [0.05, 0.1) is 25.9 Å². The smallest absolute Gasteiger partial charge is 0.262 e. The van der Waals surface area contributed by atoms with E-state index < -0.39 is 0 Å². The molecule has 1 unspecified atom stereocenters. The zero-order chi connectivity index (χ0) is 19.0. The van der Waals surface area contributed by atoms with E-state index in [1.54, 1.807) is 32.4 Å². The highest BCUT2D eigenvalue weighted by molar-refractivity contribution is 6.00. The first-order valence-electron chi connectivity index (χ1n) is 8.71. The van der Waals surface area contributed by atoms with Crippen molar-refractivity contribution in [1.29, 1.82) is 0 Å². The Hall–Kier alpha value is -3.22. The van der Waals surface area contributed by atoms with Crippen LogP contribution in [-0.2, 0) is 11.2 Å². The fourth-order valence-corrected chi connectivity index (χ4v) is 3.55. The lowest BCUT2D eigenvalue weighted by Gasteiger charge is -2.19. The normalized spacial score (nSPS) is 17.3. The topological polar surface area (TPSA) is 85.9 Å². The number of carbonyl (C=O) groups excluding carboxylic acids is 2. The molecule has 4 rings (SSSR count). The Morgan fingerprint density at radius 1 is 1.19 bits per heavy atom. The van der Waals surface area contributed by atoms with Crippen LogP contribution in [0.25, 0.3) is 0 Å². The Morgan fingerprint density at radius 3 is 2.74 bits per heavy atom. The lowest BCUT2D eigenvalue weighted by atomic mass is 10.1. The molecule has 0 spiro atoms. The third-order valence-corrected chi connectivity index (χ3v) is 4.90. The molecular weight excluding hydrogens is 348 g/mol. The standard InChI is InChI=1S/C20H20N2O5/c1-25-17-8-11-3-5-14(13(11)9-18(17)26-2)22-20(24)12-4-6-16-15(7-12)21-19(23)10-27-16/h4,6-9,14H,3,5,10H2,1-2H3,(H,21,23)(H,22,24). The maximum Gasteiger partial charge on any atom is 0.262 e. The highest BCUT2D eigenvalue weighted by atomic mass is 16.5. The Morgan fingerprint density at radius 2 is 1.96 bits per heavy atom. The predicted octanol–water partition coefficient (Wildman–Crippen LogP) is 2.45. The molecule has 0 aromatic heterocycles. The molecule has 27 heavy (non-hydrogen) atoms. The minimum atomic E-state index is -0.231. The molecular formula is C20H20N2O5. The molecule has 0 bridgehead atoms. The van der Waals surface area contributed by atoms with E-state index in [0.29, 0.717) is 28.5 Å². The van der Waals surface area contributed by atoms with E-state index in [0.717, 1.165) is 24.0 Å². The molecule has 7 heteroatoms. The maximum atomic E-state index is 12.7. The van der Waals surface area contributed by atoms with Crippen molar-refractivity contribution < 1.29 is 23.8 Å². The summed E-state index contributed by atoms with van der Waals surface area (Å²) in [7, 11) is 3.20. The monoisotopic (exact) mass is 368 g/mol. The highest BCUT2D eigenvalue weighted by Crippen LogP contribution is 2.39. The average molecular weight is 368 g/mol. The second kappa shape index (κ2) is 6.83. The van der Waals surface area contributed by atoms with Crippen LogP contribution in [0.2, 0.25) is 0 Å². The molecule has 0 fully saturated rings. The molecule has 1 atom stereocenters. The summed E-state index contributed by atoms with van der Waals surface area (Å²) >= 11 is 0. The molecule has 1 aliphatic carbocycles. The number of hydrogen-bond donors (Lipinski definition) is 2. The van der Waals surface area contributed by atoms with Crippen LogP contribution in [0.4, 0.5) is 5.69 Å². The lowest BCUT2D eigenvalue weighted by molar-refractivity contribution is -0.118. The number of methoxy groups -OCH3 is 2. The fraction of sp³-hybridized carbons (Fsp3) is 0.300. The number of nitrogens with one attached hydrogen (secondary N) is 2. The molecule has 2 aliphatic rings. The van der Waals surface area contributed by atoms with Crippen molar-refractivity contribution >= 4 is 17.5 Å². The molecule has 0 radical (unpaired) electrons. The van der Waals surface area contributed by atoms with Gasteiger partial charge in [0.2, 0.25) is 0 Å². The number of rotatable bonds is 4. The first-order chi connectivity index (χ1) is 13.1. The average Bonchev–Trinajstić information content (AvgIpc) is 3.07. The van der Waals surface area contributed by atoms with Crippen molar-refractivity contribution in [2.45, 2.75) is 18.9 Å². The highest BCUT2D eigenvalue weighted by Gasteiger charge is 2.27. The van der Waals surface area contributed by atoms with E-state index in [2.05, 4.69) is 10.6 Å². The van der Waals surface area contributed by atoms with Crippen molar-refractivity contribution in [2.24, 2.45) is 0 Å². The van der Waals surface area contributed by atoms with Crippen LogP contribution in [0.1, 0.15) is 33.9 Å². The van der Waals surface area contributed by atoms with Gasteiger partial charge < -0.3 is 24.8 Å². The van der Waals surface area contributed by atoms with Crippen LogP contribution in [-0.4, -0.2) is 32.6 Å². The largest absolute Gasteiger partial charge is 0.493 e. The summed E-state index contributed by atoms with van der Waals surface area (Å²) in [5.41, 5.74) is 3.16. The summed E-state index contributed by atoms with van der Waals surface area (Å²) in [5.74, 6) is 1.46. The molecule has 0 saturated heterocycles. The Kier molecular flexibility index (Phi) is 4.35. The van der Waals surface area contributed by atoms with E-state index in [1.807, 2.05) is 12.1 Å². The SMILES string of the molecule is COc1cc2c(cc1OC)C(NC(=O)c1ccc3c(c1)NC(=O)CO3)CC2. The number of ether oxygens (including phenoxy) is 3. The zero-order valence-electron chi connectivity index (χ0n) is 15.1. The first kappa shape index (κ1) is 17.2. The lowest BCUT2D eigenvalue weighted by Crippen LogP contribution is -2.28. The molecule has 0 saturated carbocycles. The quantitative estimate of drug-likeness (QED) is 0.866. The van der Waals surface area contributed by atoms with Gasteiger partial charge in [-0.25, -0.2) is 0 Å². The van der Waals surface area contributed by atoms with Crippen LogP contribution in [0.3, 0.4) is 0 Å². The summed E-state index contributed by atoms with van der Waals surface area (Å²) in [6, 6.07) is 8.80. The van der Waals surface area contributed by atoms with E-state index >= 15 is 0 Å². The van der Waals surface area contributed by atoms with Crippen molar-refractivity contribution in [3.63, 3.8) is 0 Å². The molecule has 2 amide bonds. The van der Waals surface area contributed by atoms with Crippen molar-refractivity contribution in [3.05, 3.63) is 47.0 Å². The van der Waals surface area contributed by atoms with Crippen LogP contribution in [0.5, 0.6) is 17.2 Å². The Balaban J connectivity index is 1.55. The molecule has 1 aliphatic heterocycles. The molecule has 140 valence electrons. The van der Waals surface area contributed by atoms with E-state index in [1.165, 1.54) is 0 Å². The van der Waals surface area contributed by atoms with Crippen molar-refractivity contribution in [3.8, 4) is 17.2 Å². The molecule has 7 nitrogen and oxygen atoms in total. The summed E-state index contributed by atoms with van der Waals surface area (Å²) in [6.45, 7) is -0.0112. The summed E-state index contributed by atoms with van der Waals surface area (Å²) in [4.78, 5) is 24.2. The minimum Gasteiger partial charge on any atom is -0.493 e. The van der Waals surface area contributed by atoms with Gasteiger partial charge in [-0.05, 0) is 54.3 Å². The van der Waals surface area contributed by atoms with Crippen LogP contribution < -0.4 is 24.8 Å². The van der Waals surface area contributed by atoms with Gasteiger partial charge in [0.15, 0.2) is 18.1 Å². The molecule has 2 N–H and O–H groups in total. The molecule has 2 aromatic carbocycles. The van der Waals surface area contributed by atoms with Gasteiger partial charge in [-0.2, -0.15) is 0 Å². The van der Waals surface area contributed by atoms with Gasteiger partial charge >= 0.3 is 0 Å². The van der Waals surface area contributed by atoms with Crippen LogP contribution in [0.15, 0.2) is 30.3 Å². The van der Waals surface area contributed by atoms with Gasteiger partial charge in [-0.3, -0.25) is 9.59 Å². The third-order valence-electron chi connectivity index (χ3n) is 4.90. The number of anilines is 1. The van der Waals surface area contributed by atoms with Crippen LogP contribution >= 0.6 is 0 Å². The number of carbonyl (C=O) groups is 2. The second-order valence-electron chi connectivity index (χ2n) is 6.52. The summed E-state index contributed by atoms with van der Waals surface area (Å²) < 4.78 is 16.1. The zero-order valence-corrected chi connectivity index (χ0v) is 15.1. The van der Waals surface area contributed by atoms with Gasteiger partial charge in [-0.1, -0.05) is 0 Å².